The summed E-state index contributed by atoms with van der Waals surface area (Å²) in [4.78, 5) is 10.0. The summed E-state index contributed by atoms with van der Waals surface area (Å²) in [7, 11) is 0. The second-order valence-electron chi connectivity index (χ2n) is 3.34. The van der Waals surface area contributed by atoms with Gasteiger partial charge in [0.15, 0.2) is 12.4 Å². The Morgan fingerprint density at radius 1 is 1.33 bits per heavy atom. The summed E-state index contributed by atoms with van der Waals surface area (Å²) >= 11 is 0. The zero-order valence-corrected chi connectivity index (χ0v) is 8.83. The molecule has 5 heteroatoms. The van der Waals surface area contributed by atoms with E-state index < -0.39 is 12.0 Å². The van der Waals surface area contributed by atoms with Crippen LogP contribution in [0, 0.1) is 11.1 Å². The van der Waals surface area contributed by atoms with Gasteiger partial charge in [0.1, 0.15) is 6.04 Å². The van der Waals surface area contributed by atoms with E-state index in [2.05, 4.69) is 0 Å². The minimum absolute atomic E-state index is 0.0208. The van der Waals surface area contributed by atoms with Crippen LogP contribution in [0.4, 0.5) is 0 Å². The maximum absolute atomic E-state index is 10.2. The van der Waals surface area contributed by atoms with Crippen LogP contribution < -0.4 is 10.5 Å². The number of nitrogens with two attached hydrogens (primary N) is 1. The van der Waals surface area contributed by atoms with E-state index in [1.54, 1.807) is 32.0 Å². The van der Waals surface area contributed by atoms with Crippen LogP contribution in [0.15, 0.2) is 30.6 Å². The predicted octanol–water partition coefficient (Wildman–Crippen LogP) is 0.374. The van der Waals surface area contributed by atoms with E-state index in [9.17, 15) is 10.0 Å². The van der Waals surface area contributed by atoms with Gasteiger partial charge in [-0.05, 0) is 5.92 Å². The van der Waals surface area contributed by atoms with Gasteiger partial charge in [0, 0.05) is 12.1 Å². The first-order valence-electron chi connectivity index (χ1n) is 4.57. The molecule has 0 aliphatic carbocycles. The maximum atomic E-state index is 10.2. The van der Waals surface area contributed by atoms with Crippen molar-refractivity contribution in [1.29, 1.82) is 0 Å². The van der Waals surface area contributed by atoms with Crippen molar-refractivity contribution < 1.29 is 14.6 Å². The Labute approximate surface area is 88.7 Å². The monoisotopic (exact) mass is 212 g/mol. The number of hydrogen-bond acceptors (Lipinski definition) is 3. The molecule has 0 amide bonds. The molecule has 1 atom stereocenters. The van der Waals surface area contributed by atoms with Crippen LogP contribution in [0.3, 0.4) is 0 Å². The first-order chi connectivity index (χ1) is 6.95. The van der Waals surface area contributed by atoms with E-state index in [1.807, 2.05) is 0 Å². The Morgan fingerprint density at radius 3 is 1.93 bits per heavy atom. The number of nitrogens with zero attached hydrogens (tertiary/aromatic N) is 1. The van der Waals surface area contributed by atoms with Crippen LogP contribution in [0.1, 0.15) is 13.8 Å². The van der Waals surface area contributed by atoms with Gasteiger partial charge in [-0.15, -0.1) is 0 Å². The highest BCUT2D eigenvalue weighted by atomic mass is 16.5. The molecule has 0 aliphatic rings. The third-order valence-corrected chi connectivity index (χ3v) is 1.69. The molecular formula is C10H16N2O3. The molecule has 5 nitrogen and oxygen atoms in total. The molecule has 0 saturated heterocycles. The fourth-order valence-electron chi connectivity index (χ4n) is 0.668. The van der Waals surface area contributed by atoms with Crippen LogP contribution in [0.25, 0.3) is 0 Å². The Hall–Kier alpha value is -1.62. The van der Waals surface area contributed by atoms with Crippen LogP contribution >= 0.6 is 0 Å². The van der Waals surface area contributed by atoms with Gasteiger partial charge in [-0.3, -0.25) is 4.79 Å². The van der Waals surface area contributed by atoms with Crippen molar-refractivity contribution in [2.45, 2.75) is 19.9 Å². The molecule has 0 unspecified atom stereocenters. The second-order valence-corrected chi connectivity index (χ2v) is 3.34. The molecule has 1 heterocycles. The standard InChI is InChI=1S/C5H11NO2.C5H5NO/c1-3(2)4(6)5(7)8;7-6-4-2-1-3-5-6/h3-4H,6H2,1-2H3,(H,7,8);1-5H/t4-;/m0./s1. The number of pyridine rings is 1. The van der Waals surface area contributed by atoms with E-state index >= 15 is 0 Å². The van der Waals surface area contributed by atoms with E-state index in [0.29, 0.717) is 0 Å². The van der Waals surface area contributed by atoms with Crippen molar-refractivity contribution in [2.75, 3.05) is 0 Å². The summed E-state index contributed by atoms with van der Waals surface area (Å²) in [6, 6.07) is 4.46. The van der Waals surface area contributed by atoms with Crippen molar-refractivity contribution in [1.82, 2.24) is 0 Å². The first kappa shape index (κ1) is 13.4. The summed E-state index contributed by atoms with van der Waals surface area (Å²) in [6.45, 7) is 3.55. The minimum atomic E-state index is -0.931. The second kappa shape index (κ2) is 6.78. The van der Waals surface area contributed by atoms with Gasteiger partial charge in [0.25, 0.3) is 0 Å². The van der Waals surface area contributed by atoms with Crippen molar-refractivity contribution >= 4 is 5.97 Å². The van der Waals surface area contributed by atoms with E-state index in [4.69, 9.17) is 10.8 Å². The lowest BCUT2D eigenvalue weighted by atomic mass is 10.1. The van der Waals surface area contributed by atoms with Gasteiger partial charge in [0.05, 0.1) is 0 Å². The number of aliphatic carboxylic acids is 1. The van der Waals surface area contributed by atoms with Gasteiger partial charge in [-0.2, -0.15) is 4.73 Å². The normalized spacial score (nSPS) is 11.5. The van der Waals surface area contributed by atoms with Gasteiger partial charge in [0.2, 0.25) is 0 Å². The molecule has 1 aromatic heterocycles. The molecule has 1 rings (SSSR count). The number of hydrogen-bond donors (Lipinski definition) is 2. The third kappa shape index (κ3) is 6.45. The molecule has 1 aromatic rings. The fraction of sp³-hybridized carbons (Fsp3) is 0.400. The Kier molecular flexibility index (Phi) is 6.05. The highest BCUT2D eigenvalue weighted by molar-refractivity contribution is 5.73. The van der Waals surface area contributed by atoms with Crippen molar-refractivity contribution in [2.24, 2.45) is 11.7 Å². The molecule has 0 radical (unpaired) electrons. The molecule has 0 bridgehead atoms. The smallest absolute Gasteiger partial charge is 0.320 e. The van der Waals surface area contributed by atoms with E-state index in [-0.39, 0.29) is 5.92 Å². The first-order valence-corrected chi connectivity index (χ1v) is 4.57. The molecule has 0 aromatic carbocycles. The average molecular weight is 212 g/mol. The molecule has 3 N–H and O–H groups in total. The molecular weight excluding hydrogens is 196 g/mol. The van der Waals surface area contributed by atoms with Crippen molar-refractivity contribution in [3.05, 3.63) is 35.8 Å². The molecule has 15 heavy (non-hydrogen) atoms. The zero-order chi connectivity index (χ0) is 11.8. The van der Waals surface area contributed by atoms with Gasteiger partial charge in [-0.1, -0.05) is 19.9 Å². The Bertz CT molecular complexity index is 288. The maximum Gasteiger partial charge on any atom is 0.320 e. The Morgan fingerprint density at radius 2 is 1.80 bits per heavy atom. The summed E-state index contributed by atoms with van der Waals surface area (Å²) in [5.41, 5.74) is 5.16. The fourth-order valence-corrected chi connectivity index (χ4v) is 0.668. The number of carboxylic acids is 1. The highest BCUT2D eigenvalue weighted by Crippen LogP contribution is 1.96. The number of aromatic nitrogens is 1. The SMILES string of the molecule is CC(C)[C@H](N)C(=O)O.[O-][n+]1ccccc1. The van der Waals surface area contributed by atoms with Crippen molar-refractivity contribution in [3.8, 4) is 0 Å². The minimum Gasteiger partial charge on any atom is -0.619 e. The topological polar surface area (TPSA) is 90.3 Å². The van der Waals surface area contributed by atoms with Crippen LogP contribution in [0.2, 0.25) is 0 Å². The molecule has 0 saturated carbocycles. The zero-order valence-electron chi connectivity index (χ0n) is 8.83. The lowest BCUT2D eigenvalue weighted by Gasteiger charge is -2.07. The van der Waals surface area contributed by atoms with Crippen molar-refractivity contribution in [3.63, 3.8) is 0 Å². The third-order valence-electron chi connectivity index (χ3n) is 1.69. The van der Waals surface area contributed by atoms with Crippen LogP contribution in [-0.4, -0.2) is 17.1 Å². The lowest BCUT2D eigenvalue weighted by Crippen LogP contribution is -2.34. The Balaban J connectivity index is 0.000000262. The largest absolute Gasteiger partial charge is 0.619 e. The van der Waals surface area contributed by atoms with Gasteiger partial charge >= 0.3 is 5.97 Å². The summed E-state index contributed by atoms with van der Waals surface area (Å²) in [6.07, 6.45) is 2.89. The quantitative estimate of drug-likeness (QED) is 0.547. The van der Waals surface area contributed by atoms with E-state index in [1.165, 1.54) is 12.4 Å². The molecule has 0 aliphatic heterocycles. The van der Waals surface area contributed by atoms with Gasteiger partial charge in [-0.25, -0.2) is 0 Å². The predicted molar refractivity (Wildman–Crippen MR) is 55.9 cm³/mol. The summed E-state index contributed by atoms with van der Waals surface area (Å²) in [5.74, 6) is -0.910. The molecule has 0 spiro atoms. The van der Waals surface area contributed by atoms with E-state index in [0.717, 1.165) is 4.73 Å². The van der Waals surface area contributed by atoms with Crippen LogP contribution in [-0.2, 0) is 4.79 Å². The summed E-state index contributed by atoms with van der Waals surface area (Å²) in [5, 5.41) is 18.4. The van der Waals surface area contributed by atoms with Gasteiger partial charge < -0.3 is 16.0 Å². The number of carboxylic acid groups (broad SMARTS) is 1. The highest BCUT2D eigenvalue weighted by Gasteiger charge is 2.14. The lowest BCUT2D eigenvalue weighted by molar-refractivity contribution is -0.605. The summed E-state index contributed by atoms with van der Waals surface area (Å²) < 4.78 is 0.750. The molecule has 84 valence electrons. The average Bonchev–Trinajstić information content (AvgIpc) is 2.18. The number of rotatable bonds is 2. The van der Waals surface area contributed by atoms with Crippen LogP contribution in [0.5, 0.6) is 0 Å². The number of carbonyl (C=O) groups is 1. The molecule has 0 fully saturated rings.